The van der Waals surface area contributed by atoms with Gasteiger partial charge in [0, 0.05) is 22.1 Å². The Morgan fingerprint density at radius 3 is 2.29 bits per heavy atom. The van der Waals surface area contributed by atoms with E-state index in [1.54, 1.807) is 6.20 Å². The van der Waals surface area contributed by atoms with Crippen LogP contribution in [0.2, 0.25) is 0 Å². The summed E-state index contributed by atoms with van der Waals surface area (Å²) in [6, 6.07) is 3.91. The molecule has 2 rings (SSSR count). The number of hydrogen-bond acceptors (Lipinski definition) is 4. The summed E-state index contributed by atoms with van der Waals surface area (Å²) in [5.74, 6) is 0. The lowest BCUT2D eigenvalue weighted by Crippen LogP contribution is -1.93. The Labute approximate surface area is 121 Å². The first kappa shape index (κ1) is 13.0. The van der Waals surface area contributed by atoms with Crippen molar-refractivity contribution < 1.29 is 0 Å². The highest BCUT2D eigenvalue weighted by Gasteiger charge is 2.07. The van der Waals surface area contributed by atoms with Crippen molar-refractivity contribution in [3.63, 3.8) is 0 Å². The Morgan fingerprint density at radius 1 is 1.06 bits per heavy atom. The summed E-state index contributed by atoms with van der Waals surface area (Å²) in [6.07, 6.45) is 1.76. The zero-order valence-electron chi connectivity index (χ0n) is 9.24. The molecular weight excluding hydrogens is 366 g/mol. The number of aryl methyl sites for hydroxylation is 2. The fourth-order valence-electron chi connectivity index (χ4n) is 1.30. The van der Waals surface area contributed by atoms with Crippen LogP contribution in [0.5, 0.6) is 0 Å². The number of aromatic nitrogens is 3. The molecule has 0 unspecified atom stereocenters. The molecule has 2 aromatic heterocycles. The average Bonchev–Trinajstić information content (AvgIpc) is 2.21. The Morgan fingerprint density at radius 2 is 1.71 bits per heavy atom. The second kappa shape index (κ2) is 5.46. The quantitative estimate of drug-likeness (QED) is 0.739. The van der Waals surface area contributed by atoms with E-state index in [0.29, 0.717) is 0 Å². The molecule has 0 aliphatic carbocycles. The van der Waals surface area contributed by atoms with Crippen molar-refractivity contribution in [1.82, 2.24) is 15.0 Å². The molecule has 88 valence electrons. The molecule has 0 aromatic carbocycles. The minimum atomic E-state index is 0.720. The molecule has 0 amide bonds. The van der Waals surface area contributed by atoms with Gasteiger partial charge in [0.2, 0.25) is 0 Å². The fourth-order valence-corrected chi connectivity index (χ4v) is 3.35. The van der Waals surface area contributed by atoms with E-state index >= 15 is 0 Å². The van der Waals surface area contributed by atoms with Crippen molar-refractivity contribution in [2.45, 2.75) is 24.0 Å². The molecule has 3 nitrogen and oxygen atoms in total. The van der Waals surface area contributed by atoms with Crippen molar-refractivity contribution in [2.75, 3.05) is 0 Å². The van der Waals surface area contributed by atoms with Gasteiger partial charge in [-0.05, 0) is 69.6 Å². The molecule has 2 aromatic rings. The van der Waals surface area contributed by atoms with Crippen LogP contribution in [0.25, 0.3) is 0 Å². The monoisotopic (exact) mass is 373 g/mol. The second-order valence-electron chi connectivity index (χ2n) is 3.48. The van der Waals surface area contributed by atoms with E-state index in [0.717, 1.165) is 30.5 Å². The third-order valence-electron chi connectivity index (χ3n) is 1.92. The van der Waals surface area contributed by atoms with Gasteiger partial charge in [-0.3, -0.25) is 0 Å². The number of hydrogen-bond donors (Lipinski definition) is 0. The maximum Gasteiger partial charge on any atom is 0.194 e. The van der Waals surface area contributed by atoms with E-state index in [1.165, 1.54) is 11.8 Å². The van der Waals surface area contributed by atoms with Crippen LogP contribution < -0.4 is 0 Å². The van der Waals surface area contributed by atoms with Gasteiger partial charge in [-0.25, -0.2) is 15.0 Å². The molecule has 0 aliphatic heterocycles. The van der Waals surface area contributed by atoms with E-state index in [4.69, 9.17) is 0 Å². The van der Waals surface area contributed by atoms with E-state index in [2.05, 4.69) is 46.8 Å². The first-order chi connectivity index (χ1) is 8.04. The predicted octanol–water partition coefficient (Wildman–Crippen LogP) is 4.16. The minimum absolute atomic E-state index is 0.720. The van der Waals surface area contributed by atoms with E-state index in [9.17, 15) is 0 Å². The van der Waals surface area contributed by atoms with Crippen molar-refractivity contribution in [3.8, 4) is 0 Å². The van der Waals surface area contributed by atoms with Gasteiger partial charge < -0.3 is 0 Å². The molecule has 0 fully saturated rings. The lowest BCUT2D eigenvalue weighted by Gasteiger charge is -2.04. The highest BCUT2D eigenvalue weighted by atomic mass is 79.9. The van der Waals surface area contributed by atoms with Crippen LogP contribution in [0.3, 0.4) is 0 Å². The van der Waals surface area contributed by atoms with Gasteiger partial charge in [0.25, 0.3) is 0 Å². The number of pyridine rings is 1. The Kier molecular flexibility index (Phi) is 4.17. The first-order valence-electron chi connectivity index (χ1n) is 4.86. The van der Waals surface area contributed by atoms with Crippen LogP contribution in [0, 0.1) is 13.8 Å². The summed E-state index contributed by atoms with van der Waals surface area (Å²) < 4.78 is 1.87. The molecule has 0 atom stereocenters. The van der Waals surface area contributed by atoms with E-state index in [-0.39, 0.29) is 0 Å². The van der Waals surface area contributed by atoms with Gasteiger partial charge in [-0.1, -0.05) is 0 Å². The van der Waals surface area contributed by atoms with Crippen LogP contribution in [-0.2, 0) is 0 Å². The second-order valence-corrected chi connectivity index (χ2v) is 6.20. The normalized spacial score (nSPS) is 10.6. The van der Waals surface area contributed by atoms with Gasteiger partial charge in [0.1, 0.15) is 5.03 Å². The fraction of sp³-hybridized carbons (Fsp3) is 0.182. The molecule has 0 saturated heterocycles. The van der Waals surface area contributed by atoms with Gasteiger partial charge in [0.05, 0.1) is 4.47 Å². The molecule has 0 radical (unpaired) electrons. The molecule has 6 heteroatoms. The summed E-state index contributed by atoms with van der Waals surface area (Å²) in [5.41, 5.74) is 1.93. The summed E-state index contributed by atoms with van der Waals surface area (Å²) in [6.45, 7) is 3.92. The largest absolute Gasteiger partial charge is 0.247 e. The molecule has 0 aliphatic rings. The standard InChI is InChI=1S/C11H9Br2N3S/c1-6-3-7(2)16-11(15-6)17-10-9(13)4-8(12)5-14-10/h3-5H,1-2H3. The van der Waals surface area contributed by atoms with Crippen molar-refractivity contribution in [1.29, 1.82) is 0 Å². The van der Waals surface area contributed by atoms with Gasteiger partial charge in [-0.2, -0.15) is 0 Å². The maximum absolute atomic E-state index is 4.37. The third kappa shape index (κ3) is 3.50. The van der Waals surface area contributed by atoms with Crippen LogP contribution in [0.1, 0.15) is 11.4 Å². The number of rotatable bonds is 2. The molecule has 2 heterocycles. The summed E-state index contributed by atoms with van der Waals surface area (Å²) in [5, 5.41) is 1.58. The lowest BCUT2D eigenvalue weighted by molar-refractivity contribution is 0.898. The average molecular weight is 375 g/mol. The summed E-state index contributed by atoms with van der Waals surface area (Å²) in [7, 11) is 0. The van der Waals surface area contributed by atoms with Crippen molar-refractivity contribution >= 4 is 43.6 Å². The topological polar surface area (TPSA) is 38.7 Å². The maximum atomic E-state index is 4.37. The predicted molar refractivity (Wildman–Crippen MR) is 75.3 cm³/mol. The minimum Gasteiger partial charge on any atom is -0.247 e. The molecule has 17 heavy (non-hydrogen) atoms. The molecule has 0 spiro atoms. The highest BCUT2D eigenvalue weighted by Crippen LogP contribution is 2.31. The molecule has 0 N–H and O–H groups in total. The zero-order chi connectivity index (χ0) is 12.4. The summed E-state index contributed by atoms with van der Waals surface area (Å²) in [4.78, 5) is 13.1. The van der Waals surface area contributed by atoms with E-state index < -0.39 is 0 Å². The number of nitrogens with zero attached hydrogens (tertiary/aromatic N) is 3. The highest BCUT2D eigenvalue weighted by molar-refractivity contribution is 9.11. The van der Waals surface area contributed by atoms with Crippen LogP contribution in [0.4, 0.5) is 0 Å². The molecule has 0 bridgehead atoms. The van der Waals surface area contributed by atoms with Crippen molar-refractivity contribution in [2.24, 2.45) is 0 Å². The smallest absolute Gasteiger partial charge is 0.194 e. The third-order valence-corrected chi connectivity index (χ3v) is 4.11. The van der Waals surface area contributed by atoms with Crippen LogP contribution in [-0.4, -0.2) is 15.0 Å². The van der Waals surface area contributed by atoms with Gasteiger partial charge in [0.15, 0.2) is 5.16 Å². The van der Waals surface area contributed by atoms with Crippen LogP contribution >= 0.6 is 43.6 Å². The van der Waals surface area contributed by atoms with E-state index in [1.807, 2.05) is 26.0 Å². The Balaban J connectivity index is 2.31. The molecule has 0 saturated carbocycles. The Hall–Kier alpha value is -0.460. The molecular formula is C11H9Br2N3S. The van der Waals surface area contributed by atoms with Gasteiger partial charge >= 0.3 is 0 Å². The first-order valence-corrected chi connectivity index (χ1v) is 7.26. The van der Waals surface area contributed by atoms with Crippen LogP contribution in [0.15, 0.2) is 37.5 Å². The number of halogens is 2. The summed E-state index contributed by atoms with van der Waals surface area (Å²) >= 11 is 8.29. The SMILES string of the molecule is Cc1cc(C)nc(Sc2ncc(Br)cc2Br)n1. The van der Waals surface area contributed by atoms with Gasteiger partial charge in [-0.15, -0.1) is 0 Å². The Bertz CT molecular complexity index is 540. The lowest BCUT2D eigenvalue weighted by atomic mass is 10.4. The zero-order valence-corrected chi connectivity index (χ0v) is 13.2. The van der Waals surface area contributed by atoms with Crippen molar-refractivity contribution in [3.05, 3.63) is 38.7 Å².